The number of ether oxygens (including phenoxy) is 2. The summed E-state index contributed by atoms with van der Waals surface area (Å²) in [6, 6.07) is 3.73. The Balaban J connectivity index is 2.15. The van der Waals surface area contributed by atoms with Crippen molar-refractivity contribution in [2.24, 2.45) is 0 Å². The van der Waals surface area contributed by atoms with Gasteiger partial charge in [-0.05, 0) is 23.8 Å². The van der Waals surface area contributed by atoms with Gasteiger partial charge in [0.15, 0.2) is 0 Å². The highest BCUT2D eigenvalue weighted by Gasteiger charge is 2.30. The highest BCUT2D eigenvalue weighted by atomic mass is 35.5. The fourth-order valence-electron chi connectivity index (χ4n) is 2.06. The van der Waals surface area contributed by atoms with Crippen molar-refractivity contribution < 1.29 is 18.7 Å². The predicted octanol–water partition coefficient (Wildman–Crippen LogP) is 1.85. The van der Waals surface area contributed by atoms with Gasteiger partial charge in [0, 0.05) is 18.1 Å². The monoisotopic (exact) mass is 287 g/mol. The van der Waals surface area contributed by atoms with Crippen LogP contribution in [0.4, 0.5) is 4.39 Å². The second kappa shape index (κ2) is 6.32. The predicted molar refractivity (Wildman–Crippen MR) is 68.4 cm³/mol. The number of halogens is 2. The smallest absolute Gasteiger partial charge is 0.325 e. The third-order valence-corrected chi connectivity index (χ3v) is 3.46. The van der Waals surface area contributed by atoms with Gasteiger partial charge in [0.2, 0.25) is 0 Å². The van der Waals surface area contributed by atoms with E-state index in [1.807, 2.05) is 4.90 Å². The zero-order valence-corrected chi connectivity index (χ0v) is 11.3. The Morgan fingerprint density at radius 1 is 1.63 bits per heavy atom. The second-order valence-electron chi connectivity index (χ2n) is 4.32. The average Bonchev–Trinajstić information content (AvgIpc) is 2.42. The number of benzene rings is 1. The summed E-state index contributed by atoms with van der Waals surface area (Å²) in [4.78, 5) is 13.6. The fraction of sp³-hybridized carbons (Fsp3) is 0.462. The van der Waals surface area contributed by atoms with Crippen LogP contribution < -0.4 is 0 Å². The van der Waals surface area contributed by atoms with E-state index in [-0.39, 0.29) is 18.4 Å². The number of esters is 1. The molecule has 104 valence electrons. The van der Waals surface area contributed by atoms with Crippen LogP contribution in [-0.4, -0.2) is 43.8 Å². The summed E-state index contributed by atoms with van der Waals surface area (Å²) in [7, 11) is 1.34. The Hall–Kier alpha value is -1.17. The summed E-state index contributed by atoms with van der Waals surface area (Å²) in [5, 5.41) is 0.483. The first-order chi connectivity index (χ1) is 9.11. The van der Waals surface area contributed by atoms with E-state index in [2.05, 4.69) is 0 Å². The van der Waals surface area contributed by atoms with Crippen LogP contribution in [0, 0.1) is 5.82 Å². The zero-order valence-electron chi connectivity index (χ0n) is 10.6. The molecule has 6 heteroatoms. The summed E-state index contributed by atoms with van der Waals surface area (Å²) in [5.41, 5.74) is 0.650. The molecule has 2 rings (SSSR count). The van der Waals surface area contributed by atoms with Crippen molar-refractivity contribution in [2.75, 3.05) is 26.9 Å². The molecule has 1 atom stereocenters. The lowest BCUT2D eigenvalue weighted by molar-refractivity contribution is -0.153. The Labute approximate surface area is 116 Å². The Morgan fingerprint density at radius 3 is 3.16 bits per heavy atom. The van der Waals surface area contributed by atoms with Gasteiger partial charge in [0.25, 0.3) is 0 Å². The minimum absolute atomic E-state index is 0.277. The molecule has 1 aliphatic heterocycles. The first-order valence-corrected chi connectivity index (χ1v) is 6.33. The Bertz CT molecular complexity index is 469. The van der Waals surface area contributed by atoms with E-state index in [0.717, 1.165) is 0 Å². The van der Waals surface area contributed by atoms with Gasteiger partial charge in [-0.15, -0.1) is 0 Å². The minimum Gasteiger partial charge on any atom is -0.468 e. The molecule has 4 nitrogen and oxygen atoms in total. The number of nitrogens with zero attached hydrogens (tertiary/aromatic N) is 1. The van der Waals surface area contributed by atoms with Crippen molar-refractivity contribution in [1.82, 2.24) is 4.90 Å². The van der Waals surface area contributed by atoms with Gasteiger partial charge in [-0.3, -0.25) is 9.69 Å². The molecular formula is C13H15ClFNO3. The summed E-state index contributed by atoms with van der Waals surface area (Å²) < 4.78 is 23.3. The van der Waals surface area contributed by atoms with Crippen molar-refractivity contribution in [3.63, 3.8) is 0 Å². The molecule has 1 fully saturated rings. The summed E-state index contributed by atoms with van der Waals surface area (Å²) in [5.74, 6) is -0.700. The average molecular weight is 288 g/mol. The van der Waals surface area contributed by atoms with Crippen LogP contribution in [-0.2, 0) is 20.8 Å². The molecule has 0 bridgehead atoms. The van der Waals surface area contributed by atoms with E-state index in [4.69, 9.17) is 21.1 Å². The van der Waals surface area contributed by atoms with E-state index in [9.17, 15) is 9.18 Å². The van der Waals surface area contributed by atoms with Crippen molar-refractivity contribution in [2.45, 2.75) is 12.6 Å². The SMILES string of the molecule is COC(=O)C1COCCN1Cc1cc(F)ccc1Cl. The lowest BCUT2D eigenvalue weighted by Gasteiger charge is -2.33. The fourth-order valence-corrected chi connectivity index (χ4v) is 2.24. The maximum Gasteiger partial charge on any atom is 0.325 e. The molecule has 1 aromatic rings. The summed E-state index contributed by atoms with van der Waals surface area (Å²) >= 11 is 6.04. The number of hydrogen-bond donors (Lipinski definition) is 0. The lowest BCUT2D eigenvalue weighted by Crippen LogP contribution is -2.49. The van der Waals surface area contributed by atoms with Crippen LogP contribution in [0.5, 0.6) is 0 Å². The first-order valence-electron chi connectivity index (χ1n) is 5.95. The van der Waals surface area contributed by atoms with Gasteiger partial charge in [0.1, 0.15) is 11.9 Å². The largest absolute Gasteiger partial charge is 0.468 e. The minimum atomic E-state index is -0.474. The van der Waals surface area contributed by atoms with Gasteiger partial charge in [-0.2, -0.15) is 0 Å². The number of carbonyl (C=O) groups excluding carboxylic acids is 1. The maximum atomic E-state index is 13.2. The molecule has 1 aromatic carbocycles. The molecule has 0 aliphatic carbocycles. The van der Waals surface area contributed by atoms with Crippen LogP contribution in [0.2, 0.25) is 5.02 Å². The third-order valence-electron chi connectivity index (χ3n) is 3.09. The Kier molecular flexibility index (Phi) is 4.74. The highest BCUT2D eigenvalue weighted by Crippen LogP contribution is 2.21. The van der Waals surface area contributed by atoms with Crippen LogP contribution in [0.15, 0.2) is 18.2 Å². The molecule has 0 amide bonds. The molecule has 0 saturated carbocycles. The molecule has 1 heterocycles. The normalized spacial score (nSPS) is 20.3. The third kappa shape index (κ3) is 3.43. The van der Waals surface area contributed by atoms with Gasteiger partial charge < -0.3 is 9.47 Å². The van der Waals surface area contributed by atoms with Crippen LogP contribution >= 0.6 is 11.6 Å². The van der Waals surface area contributed by atoms with E-state index >= 15 is 0 Å². The molecule has 19 heavy (non-hydrogen) atoms. The van der Waals surface area contributed by atoms with Gasteiger partial charge in [0.05, 0.1) is 20.3 Å². The topological polar surface area (TPSA) is 38.8 Å². The van der Waals surface area contributed by atoms with E-state index < -0.39 is 6.04 Å². The number of methoxy groups -OCH3 is 1. The Morgan fingerprint density at radius 2 is 2.42 bits per heavy atom. The van der Waals surface area contributed by atoms with Crippen LogP contribution in [0.1, 0.15) is 5.56 Å². The standard InChI is InChI=1S/C13H15ClFNO3/c1-18-13(17)12-8-19-5-4-16(12)7-9-6-10(15)2-3-11(9)14/h2-3,6,12H,4-5,7-8H2,1H3. The van der Waals surface area contributed by atoms with E-state index in [1.165, 1.54) is 25.3 Å². The molecule has 0 radical (unpaired) electrons. The van der Waals surface area contributed by atoms with E-state index in [1.54, 1.807) is 0 Å². The summed E-state index contributed by atoms with van der Waals surface area (Å²) in [6.45, 7) is 1.77. The zero-order chi connectivity index (χ0) is 13.8. The van der Waals surface area contributed by atoms with Crippen LogP contribution in [0.3, 0.4) is 0 Å². The highest BCUT2D eigenvalue weighted by molar-refractivity contribution is 6.31. The number of hydrogen-bond acceptors (Lipinski definition) is 4. The second-order valence-corrected chi connectivity index (χ2v) is 4.73. The van der Waals surface area contributed by atoms with Gasteiger partial charge >= 0.3 is 5.97 Å². The molecule has 0 aromatic heterocycles. The van der Waals surface area contributed by atoms with Gasteiger partial charge in [-0.1, -0.05) is 11.6 Å². The first kappa shape index (κ1) is 14.2. The van der Waals surface area contributed by atoms with Crippen molar-refractivity contribution in [3.05, 3.63) is 34.6 Å². The number of morpholine rings is 1. The number of carbonyl (C=O) groups is 1. The summed E-state index contributed by atoms with van der Waals surface area (Å²) in [6.07, 6.45) is 0. The molecule has 1 saturated heterocycles. The number of rotatable bonds is 3. The molecule has 1 unspecified atom stereocenters. The quantitative estimate of drug-likeness (QED) is 0.796. The maximum absolute atomic E-state index is 13.2. The van der Waals surface area contributed by atoms with E-state index in [0.29, 0.717) is 30.3 Å². The lowest BCUT2D eigenvalue weighted by atomic mass is 10.1. The molecule has 0 N–H and O–H groups in total. The molecule has 0 spiro atoms. The van der Waals surface area contributed by atoms with Crippen molar-refractivity contribution in [3.8, 4) is 0 Å². The van der Waals surface area contributed by atoms with Crippen LogP contribution in [0.25, 0.3) is 0 Å². The van der Waals surface area contributed by atoms with Crippen molar-refractivity contribution >= 4 is 17.6 Å². The van der Waals surface area contributed by atoms with Crippen molar-refractivity contribution in [1.29, 1.82) is 0 Å². The molecular weight excluding hydrogens is 273 g/mol. The molecule has 1 aliphatic rings. The van der Waals surface area contributed by atoms with Gasteiger partial charge in [-0.25, -0.2) is 4.39 Å².